The second kappa shape index (κ2) is 8.95. The molecular weight excluding hydrogens is 385 g/mol. The number of ether oxygens (including phenoxy) is 2. The summed E-state index contributed by atoms with van der Waals surface area (Å²) in [4.78, 5) is 25.4. The van der Waals surface area contributed by atoms with Crippen molar-refractivity contribution in [1.29, 1.82) is 0 Å². The van der Waals surface area contributed by atoms with Gasteiger partial charge in [0.25, 0.3) is 5.56 Å². The number of carbonyl (C=O) groups excluding carboxylic acids is 1. The van der Waals surface area contributed by atoms with E-state index in [4.69, 9.17) is 9.47 Å². The lowest BCUT2D eigenvalue weighted by Crippen LogP contribution is -2.25. The molecule has 0 aliphatic heterocycles. The highest BCUT2D eigenvalue weighted by Gasteiger charge is 2.21. The summed E-state index contributed by atoms with van der Waals surface area (Å²) in [5.41, 5.74) is 1.58. The molecule has 1 aromatic heterocycles. The number of hydrogen-bond acceptors (Lipinski definition) is 4. The lowest BCUT2D eigenvalue weighted by Gasteiger charge is -2.22. The fraction of sp³-hybridized carbons (Fsp3) is 0.250. The standard InChI is InChI=1S/C24H24FNO4/c1-5-30-22(27)13-12-18-17-8-6-7-9-19(17)24(28)26(15(2)3)23(18)20-11-10-16(25)14-21(20)29-4/h6-15H,5H2,1-4H3/b13-12+. The summed E-state index contributed by atoms with van der Waals surface area (Å²) in [6, 6.07) is 11.2. The first kappa shape index (κ1) is 21.3. The van der Waals surface area contributed by atoms with Gasteiger partial charge in [-0.2, -0.15) is 0 Å². The highest BCUT2D eigenvalue weighted by Crippen LogP contribution is 2.37. The van der Waals surface area contributed by atoms with E-state index in [9.17, 15) is 14.0 Å². The van der Waals surface area contributed by atoms with Crippen LogP contribution in [-0.2, 0) is 9.53 Å². The van der Waals surface area contributed by atoms with E-state index < -0.39 is 11.8 Å². The monoisotopic (exact) mass is 409 g/mol. The molecule has 0 bridgehead atoms. The van der Waals surface area contributed by atoms with Crippen LogP contribution in [-0.4, -0.2) is 24.3 Å². The number of esters is 1. The van der Waals surface area contributed by atoms with Crippen molar-refractivity contribution in [2.75, 3.05) is 13.7 Å². The van der Waals surface area contributed by atoms with E-state index in [1.54, 1.807) is 35.8 Å². The van der Waals surface area contributed by atoms with E-state index in [0.717, 1.165) is 0 Å². The van der Waals surface area contributed by atoms with Crippen LogP contribution in [0.25, 0.3) is 28.1 Å². The molecule has 0 amide bonds. The summed E-state index contributed by atoms with van der Waals surface area (Å²) in [5, 5.41) is 1.21. The van der Waals surface area contributed by atoms with Crippen LogP contribution in [0.1, 0.15) is 32.4 Å². The van der Waals surface area contributed by atoms with Gasteiger partial charge in [-0.3, -0.25) is 4.79 Å². The van der Waals surface area contributed by atoms with Crippen LogP contribution in [0.15, 0.2) is 53.3 Å². The van der Waals surface area contributed by atoms with Crippen molar-refractivity contribution >= 4 is 22.8 Å². The molecular formula is C24H24FNO4. The molecule has 156 valence electrons. The molecule has 0 N–H and O–H groups in total. The van der Waals surface area contributed by atoms with Gasteiger partial charge < -0.3 is 14.0 Å². The summed E-state index contributed by atoms with van der Waals surface area (Å²) in [5.74, 6) is -0.635. The topological polar surface area (TPSA) is 57.5 Å². The van der Waals surface area contributed by atoms with E-state index in [0.29, 0.717) is 33.3 Å². The van der Waals surface area contributed by atoms with Gasteiger partial charge in [0, 0.05) is 34.7 Å². The van der Waals surface area contributed by atoms with Crippen molar-refractivity contribution < 1.29 is 18.7 Å². The maximum absolute atomic E-state index is 13.9. The summed E-state index contributed by atoms with van der Waals surface area (Å²) in [7, 11) is 1.45. The van der Waals surface area contributed by atoms with E-state index in [1.807, 2.05) is 26.0 Å². The van der Waals surface area contributed by atoms with E-state index in [2.05, 4.69) is 0 Å². The first-order valence-electron chi connectivity index (χ1n) is 9.75. The molecule has 6 heteroatoms. The Morgan fingerprint density at radius 2 is 1.87 bits per heavy atom. The van der Waals surface area contributed by atoms with Crippen molar-refractivity contribution in [2.45, 2.75) is 26.8 Å². The normalized spacial score (nSPS) is 11.4. The number of hydrogen-bond donors (Lipinski definition) is 0. The van der Waals surface area contributed by atoms with Gasteiger partial charge in [-0.1, -0.05) is 18.2 Å². The first-order valence-corrected chi connectivity index (χ1v) is 9.75. The van der Waals surface area contributed by atoms with E-state index in [-0.39, 0.29) is 18.2 Å². The molecule has 0 aliphatic carbocycles. The molecule has 5 nitrogen and oxygen atoms in total. The molecule has 0 saturated carbocycles. The average molecular weight is 409 g/mol. The number of carbonyl (C=O) groups is 1. The lowest BCUT2D eigenvalue weighted by atomic mass is 9.97. The Labute approximate surface area is 174 Å². The minimum absolute atomic E-state index is 0.171. The van der Waals surface area contributed by atoms with Crippen LogP contribution < -0.4 is 10.3 Å². The van der Waals surface area contributed by atoms with Crippen molar-refractivity contribution in [3.63, 3.8) is 0 Å². The van der Waals surface area contributed by atoms with Crippen molar-refractivity contribution in [3.05, 3.63) is 70.3 Å². The number of nitrogens with zero attached hydrogens (tertiary/aromatic N) is 1. The maximum atomic E-state index is 13.9. The van der Waals surface area contributed by atoms with Gasteiger partial charge in [-0.25, -0.2) is 9.18 Å². The SMILES string of the molecule is CCOC(=O)/C=C/c1c(-c2ccc(F)cc2OC)n(C(C)C)c(=O)c2ccccc12. The molecule has 30 heavy (non-hydrogen) atoms. The molecule has 1 heterocycles. The van der Waals surface area contributed by atoms with Crippen LogP contribution in [0, 0.1) is 5.82 Å². The first-order chi connectivity index (χ1) is 14.4. The fourth-order valence-corrected chi connectivity index (χ4v) is 3.53. The third-order valence-electron chi connectivity index (χ3n) is 4.77. The Morgan fingerprint density at radius 1 is 1.17 bits per heavy atom. The predicted molar refractivity (Wildman–Crippen MR) is 116 cm³/mol. The van der Waals surface area contributed by atoms with E-state index in [1.165, 1.54) is 25.3 Å². The zero-order valence-electron chi connectivity index (χ0n) is 17.4. The number of pyridine rings is 1. The van der Waals surface area contributed by atoms with Crippen molar-refractivity contribution in [2.24, 2.45) is 0 Å². The van der Waals surface area contributed by atoms with Gasteiger partial charge in [0.15, 0.2) is 0 Å². The van der Waals surface area contributed by atoms with Gasteiger partial charge in [0.2, 0.25) is 0 Å². The molecule has 0 saturated heterocycles. The summed E-state index contributed by atoms with van der Waals surface area (Å²) in [6.07, 6.45) is 2.97. The molecule has 0 radical (unpaired) electrons. The lowest BCUT2D eigenvalue weighted by molar-refractivity contribution is -0.137. The van der Waals surface area contributed by atoms with Gasteiger partial charge in [-0.15, -0.1) is 0 Å². The second-order valence-electron chi connectivity index (χ2n) is 7.01. The van der Waals surface area contributed by atoms with Crippen LogP contribution >= 0.6 is 0 Å². The van der Waals surface area contributed by atoms with Gasteiger partial charge in [0.1, 0.15) is 11.6 Å². The molecule has 3 rings (SSSR count). The number of halogens is 1. The number of benzene rings is 2. The van der Waals surface area contributed by atoms with E-state index >= 15 is 0 Å². The van der Waals surface area contributed by atoms with Gasteiger partial charge in [-0.05, 0) is 50.4 Å². The zero-order valence-corrected chi connectivity index (χ0v) is 17.4. The Balaban J connectivity index is 2.47. The van der Waals surface area contributed by atoms with Crippen molar-refractivity contribution in [3.8, 4) is 17.0 Å². The summed E-state index contributed by atoms with van der Waals surface area (Å²) >= 11 is 0. The minimum Gasteiger partial charge on any atom is -0.496 e. The number of fused-ring (bicyclic) bond motifs is 1. The Hall–Kier alpha value is -3.41. The Bertz CT molecular complexity index is 1180. The van der Waals surface area contributed by atoms with Crippen LogP contribution in [0.4, 0.5) is 4.39 Å². The Morgan fingerprint density at radius 3 is 2.50 bits per heavy atom. The number of rotatable bonds is 6. The highest BCUT2D eigenvalue weighted by molar-refractivity contribution is 5.99. The van der Waals surface area contributed by atoms with Gasteiger partial charge >= 0.3 is 5.97 Å². The quantitative estimate of drug-likeness (QED) is 0.426. The predicted octanol–water partition coefficient (Wildman–Crippen LogP) is 4.97. The third-order valence-corrected chi connectivity index (χ3v) is 4.77. The second-order valence-corrected chi connectivity index (χ2v) is 7.01. The highest BCUT2D eigenvalue weighted by atomic mass is 19.1. The molecule has 0 fully saturated rings. The molecule has 3 aromatic rings. The van der Waals surface area contributed by atoms with Crippen LogP contribution in [0.5, 0.6) is 5.75 Å². The molecule has 0 spiro atoms. The summed E-state index contributed by atoms with van der Waals surface area (Å²) < 4.78 is 25.9. The third kappa shape index (κ3) is 3.99. The zero-order chi connectivity index (χ0) is 21.8. The van der Waals surface area contributed by atoms with Gasteiger partial charge in [0.05, 0.1) is 19.4 Å². The molecule has 0 atom stereocenters. The number of aromatic nitrogens is 1. The smallest absolute Gasteiger partial charge is 0.330 e. The van der Waals surface area contributed by atoms with Crippen LogP contribution in [0.3, 0.4) is 0 Å². The maximum Gasteiger partial charge on any atom is 0.330 e. The largest absolute Gasteiger partial charge is 0.496 e. The van der Waals surface area contributed by atoms with Crippen LogP contribution in [0.2, 0.25) is 0 Å². The summed E-state index contributed by atoms with van der Waals surface area (Å²) in [6.45, 7) is 5.78. The number of methoxy groups -OCH3 is 1. The fourth-order valence-electron chi connectivity index (χ4n) is 3.53. The Kier molecular flexibility index (Phi) is 6.35. The van der Waals surface area contributed by atoms with Crippen molar-refractivity contribution in [1.82, 2.24) is 4.57 Å². The average Bonchev–Trinajstić information content (AvgIpc) is 2.72. The molecule has 0 unspecified atom stereocenters. The molecule has 2 aromatic carbocycles. The minimum atomic E-state index is -0.485. The molecule has 0 aliphatic rings.